The van der Waals surface area contributed by atoms with Gasteiger partial charge in [-0.3, -0.25) is 10.1 Å². The van der Waals surface area contributed by atoms with E-state index in [4.69, 9.17) is 9.26 Å². The fraction of sp³-hybridized carbons (Fsp3) is 0.412. The van der Waals surface area contributed by atoms with Gasteiger partial charge in [-0.1, -0.05) is 24.2 Å². The molecule has 0 N–H and O–H groups in total. The van der Waals surface area contributed by atoms with E-state index in [2.05, 4.69) is 12.1 Å². The molecule has 2 aromatic rings. The largest absolute Gasteiger partial charge is 0.462 e. The molecule has 0 aliphatic heterocycles. The summed E-state index contributed by atoms with van der Waals surface area (Å²) >= 11 is 0. The van der Waals surface area contributed by atoms with Gasteiger partial charge in [-0.25, -0.2) is 4.79 Å². The maximum Gasteiger partial charge on any atom is 0.343 e. The van der Waals surface area contributed by atoms with Crippen LogP contribution in [0.25, 0.3) is 0 Å². The van der Waals surface area contributed by atoms with Crippen LogP contribution in [0.2, 0.25) is 0 Å². The minimum Gasteiger partial charge on any atom is -0.462 e. The second kappa shape index (κ2) is 6.07. The van der Waals surface area contributed by atoms with Crippen LogP contribution in [0.1, 0.15) is 48.3 Å². The summed E-state index contributed by atoms with van der Waals surface area (Å²) in [5, 5.41) is 15.1. The molecule has 0 atom stereocenters. The first kappa shape index (κ1) is 16.2. The van der Waals surface area contributed by atoms with Gasteiger partial charge in [0.05, 0.1) is 11.5 Å². The molecule has 1 aromatic carbocycles. The standard InChI is InChI=1S/C17H18N2O5/c1-3-23-16(20)14-10-24-18-15(14)17(8-11(2)9-17)12-5-4-6-13(7-12)19(21)22/h4-7,10-11H,3,8-9H2,1-2H3. The van der Waals surface area contributed by atoms with Crippen molar-refractivity contribution >= 4 is 11.7 Å². The topological polar surface area (TPSA) is 95.5 Å². The van der Waals surface area contributed by atoms with Crippen molar-refractivity contribution in [3.63, 3.8) is 0 Å². The van der Waals surface area contributed by atoms with E-state index in [-0.39, 0.29) is 17.9 Å². The number of ether oxygens (including phenoxy) is 1. The van der Waals surface area contributed by atoms with E-state index < -0.39 is 16.3 Å². The third kappa shape index (κ3) is 2.55. The number of aromatic nitrogens is 1. The first-order chi connectivity index (χ1) is 11.5. The molecule has 0 amide bonds. The number of carbonyl (C=O) groups is 1. The van der Waals surface area contributed by atoms with E-state index in [9.17, 15) is 14.9 Å². The van der Waals surface area contributed by atoms with Crippen molar-refractivity contribution in [2.45, 2.75) is 32.1 Å². The Bertz CT molecular complexity index is 777. The van der Waals surface area contributed by atoms with Gasteiger partial charge in [0.2, 0.25) is 0 Å². The predicted octanol–water partition coefficient (Wildman–Crippen LogP) is 3.48. The predicted molar refractivity (Wildman–Crippen MR) is 84.7 cm³/mol. The van der Waals surface area contributed by atoms with Crippen molar-refractivity contribution in [1.82, 2.24) is 5.16 Å². The number of carbonyl (C=O) groups excluding carboxylic acids is 1. The smallest absolute Gasteiger partial charge is 0.343 e. The zero-order valence-corrected chi connectivity index (χ0v) is 13.5. The SMILES string of the molecule is CCOC(=O)c1conc1C1(c2cccc([N+](=O)[O-])c2)CC(C)C1. The molecule has 7 heteroatoms. The molecule has 1 aliphatic rings. The number of hydrogen-bond acceptors (Lipinski definition) is 6. The summed E-state index contributed by atoms with van der Waals surface area (Å²) in [5.41, 5.74) is 1.03. The van der Waals surface area contributed by atoms with Crippen LogP contribution in [0.4, 0.5) is 5.69 Å². The lowest BCUT2D eigenvalue weighted by molar-refractivity contribution is -0.385. The van der Waals surface area contributed by atoms with Gasteiger partial charge >= 0.3 is 5.97 Å². The van der Waals surface area contributed by atoms with Crippen LogP contribution in [0.5, 0.6) is 0 Å². The van der Waals surface area contributed by atoms with Crippen LogP contribution in [0, 0.1) is 16.0 Å². The normalized spacial score (nSPS) is 22.7. The number of non-ortho nitro benzene ring substituents is 1. The molecule has 0 unspecified atom stereocenters. The van der Waals surface area contributed by atoms with Crippen molar-refractivity contribution in [3.8, 4) is 0 Å². The summed E-state index contributed by atoms with van der Waals surface area (Å²) in [6.07, 6.45) is 2.77. The molecule has 1 aliphatic carbocycles. The first-order valence-corrected chi connectivity index (χ1v) is 7.85. The van der Waals surface area contributed by atoms with Crippen LogP contribution in [0.15, 0.2) is 35.1 Å². The highest BCUT2D eigenvalue weighted by atomic mass is 16.6. The average Bonchev–Trinajstić information content (AvgIpc) is 3.01. The summed E-state index contributed by atoms with van der Waals surface area (Å²) in [6, 6.07) is 6.49. The summed E-state index contributed by atoms with van der Waals surface area (Å²) < 4.78 is 10.1. The molecule has 0 bridgehead atoms. The highest BCUT2D eigenvalue weighted by molar-refractivity contribution is 5.91. The van der Waals surface area contributed by atoms with Gasteiger partial charge in [0.25, 0.3) is 5.69 Å². The molecular formula is C17H18N2O5. The zero-order chi connectivity index (χ0) is 17.3. The Morgan fingerprint density at radius 2 is 2.25 bits per heavy atom. The Morgan fingerprint density at radius 1 is 1.50 bits per heavy atom. The summed E-state index contributed by atoms with van der Waals surface area (Å²) in [6.45, 7) is 4.08. The number of hydrogen-bond donors (Lipinski definition) is 0. The van der Waals surface area contributed by atoms with Crippen molar-refractivity contribution < 1.29 is 19.0 Å². The highest BCUT2D eigenvalue weighted by Gasteiger charge is 2.49. The molecule has 0 spiro atoms. The molecule has 3 rings (SSSR count). The molecule has 1 heterocycles. The van der Waals surface area contributed by atoms with E-state index >= 15 is 0 Å². The first-order valence-electron chi connectivity index (χ1n) is 7.85. The summed E-state index contributed by atoms with van der Waals surface area (Å²) in [4.78, 5) is 22.8. The molecular weight excluding hydrogens is 312 g/mol. The maximum atomic E-state index is 12.2. The van der Waals surface area contributed by atoms with Crippen LogP contribution < -0.4 is 0 Å². The second-order valence-electron chi connectivity index (χ2n) is 6.20. The van der Waals surface area contributed by atoms with Gasteiger partial charge < -0.3 is 9.26 Å². The van der Waals surface area contributed by atoms with Crippen LogP contribution in [0.3, 0.4) is 0 Å². The van der Waals surface area contributed by atoms with E-state index in [0.717, 1.165) is 18.4 Å². The van der Waals surface area contributed by atoms with Crippen LogP contribution in [-0.2, 0) is 10.2 Å². The van der Waals surface area contributed by atoms with Gasteiger partial charge in [-0.15, -0.1) is 0 Å². The molecule has 1 saturated carbocycles. The quantitative estimate of drug-likeness (QED) is 0.473. The lowest BCUT2D eigenvalue weighted by atomic mass is 9.57. The summed E-state index contributed by atoms with van der Waals surface area (Å²) in [7, 11) is 0. The number of nitro groups is 1. The molecule has 1 aromatic heterocycles. The van der Waals surface area contributed by atoms with Crippen LogP contribution in [-0.4, -0.2) is 22.7 Å². The van der Waals surface area contributed by atoms with Crippen molar-refractivity contribution in [3.05, 3.63) is 57.5 Å². The van der Waals surface area contributed by atoms with E-state index in [1.165, 1.54) is 12.3 Å². The third-order valence-corrected chi connectivity index (χ3v) is 4.52. The van der Waals surface area contributed by atoms with Gasteiger partial charge in [0.1, 0.15) is 17.5 Å². The monoisotopic (exact) mass is 330 g/mol. The molecule has 24 heavy (non-hydrogen) atoms. The molecule has 0 saturated heterocycles. The second-order valence-corrected chi connectivity index (χ2v) is 6.20. The Kier molecular flexibility index (Phi) is 4.09. The average molecular weight is 330 g/mol. The fourth-order valence-electron chi connectivity index (χ4n) is 3.55. The maximum absolute atomic E-state index is 12.2. The fourth-order valence-corrected chi connectivity index (χ4v) is 3.55. The van der Waals surface area contributed by atoms with E-state index in [0.29, 0.717) is 11.6 Å². The van der Waals surface area contributed by atoms with Gasteiger partial charge in [-0.05, 0) is 31.2 Å². The summed E-state index contributed by atoms with van der Waals surface area (Å²) in [5.74, 6) is -0.0610. The third-order valence-electron chi connectivity index (χ3n) is 4.52. The Balaban J connectivity index is 2.08. The number of nitrogens with zero attached hydrogens (tertiary/aromatic N) is 2. The van der Waals surface area contributed by atoms with Crippen molar-refractivity contribution in [1.29, 1.82) is 0 Å². The number of nitro benzene ring substituents is 1. The Labute approximate surface area is 138 Å². The Morgan fingerprint density at radius 3 is 2.88 bits per heavy atom. The van der Waals surface area contributed by atoms with Crippen molar-refractivity contribution in [2.75, 3.05) is 6.61 Å². The number of esters is 1. The lowest BCUT2D eigenvalue weighted by Gasteiger charge is -2.45. The zero-order valence-electron chi connectivity index (χ0n) is 13.5. The van der Waals surface area contributed by atoms with Crippen molar-refractivity contribution in [2.24, 2.45) is 5.92 Å². The molecule has 126 valence electrons. The highest BCUT2D eigenvalue weighted by Crippen LogP contribution is 2.53. The molecule has 1 fully saturated rings. The number of benzene rings is 1. The van der Waals surface area contributed by atoms with Gasteiger partial charge in [0.15, 0.2) is 0 Å². The lowest BCUT2D eigenvalue weighted by Crippen LogP contribution is -2.42. The molecule has 7 nitrogen and oxygen atoms in total. The minimum absolute atomic E-state index is 0.0209. The van der Waals surface area contributed by atoms with Gasteiger partial charge in [0, 0.05) is 17.5 Å². The molecule has 0 radical (unpaired) electrons. The van der Waals surface area contributed by atoms with E-state index in [1.54, 1.807) is 19.1 Å². The minimum atomic E-state index is -0.555. The van der Waals surface area contributed by atoms with E-state index in [1.807, 2.05) is 6.07 Å². The van der Waals surface area contributed by atoms with Crippen LogP contribution >= 0.6 is 0 Å². The Hall–Kier alpha value is -2.70. The van der Waals surface area contributed by atoms with Gasteiger partial charge in [-0.2, -0.15) is 0 Å². The number of rotatable bonds is 5.